The molecule has 0 saturated heterocycles. The van der Waals surface area contributed by atoms with E-state index in [9.17, 15) is 0 Å². The number of hydrogen-bond donors (Lipinski definition) is 2. The Balaban J connectivity index is 2.53. The molecule has 1 aromatic rings. The summed E-state index contributed by atoms with van der Waals surface area (Å²) in [6.07, 6.45) is 0.472. The van der Waals surface area contributed by atoms with Gasteiger partial charge in [-0.15, -0.1) is 11.6 Å². The van der Waals surface area contributed by atoms with E-state index in [0.717, 1.165) is 5.56 Å². The minimum atomic E-state index is -1.45. The van der Waals surface area contributed by atoms with Gasteiger partial charge in [-0.05, 0) is 12.0 Å². The number of alkyl halides is 1. The molecular weight excluding hydrogens is 174 g/mol. The molecule has 1 aromatic carbocycles. The van der Waals surface area contributed by atoms with Gasteiger partial charge in [-0.2, -0.15) is 0 Å². The van der Waals surface area contributed by atoms with Crippen LogP contribution < -0.4 is 0 Å². The number of hydrogen-bond acceptors (Lipinski definition) is 2. The van der Waals surface area contributed by atoms with Crippen LogP contribution in [-0.4, -0.2) is 22.4 Å². The summed E-state index contributed by atoms with van der Waals surface area (Å²) < 4.78 is 0. The zero-order valence-electron chi connectivity index (χ0n) is 6.52. The summed E-state index contributed by atoms with van der Waals surface area (Å²) in [4.78, 5) is 0. The van der Waals surface area contributed by atoms with Crippen molar-refractivity contribution in [1.29, 1.82) is 0 Å². The molecule has 0 bridgehead atoms. The normalized spacial score (nSPS) is 12.6. The third kappa shape index (κ3) is 2.85. The van der Waals surface area contributed by atoms with Gasteiger partial charge in [-0.3, -0.25) is 0 Å². The largest absolute Gasteiger partial charge is 0.470 e. The Kier molecular flexibility index (Phi) is 3.60. The van der Waals surface area contributed by atoms with Gasteiger partial charge in [0.2, 0.25) is 0 Å². The summed E-state index contributed by atoms with van der Waals surface area (Å²) in [5.41, 5.74) is 1.01. The van der Waals surface area contributed by atoms with Crippen molar-refractivity contribution in [3.05, 3.63) is 35.9 Å². The molecule has 0 radical (unpaired) electrons. The summed E-state index contributed by atoms with van der Waals surface area (Å²) in [6.45, 7) is 0. The van der Waals surface area contributed by atoms with E-state index in [4.69, 9.17) is 21.6 Å². The maximum absolute atomic E-state index is 8.71. The molecule has 0 aliphatic heterocycles. The second-order valence-corrected chi connectivity index (χ2v) is 3.18. The second kappa shape index (κ2) is 4.50. The predicted molar refractivity (Wildman–Crippen MR) is 50.0 cm³/mol. The lowest BCUT2D eigenvalue weighted by Crippen LogP contribution is -2.27. The summed E-state index contributed by atoms with van der Waals surface area (Å²) in [7, 11) is -1.45. The standard InChI is InChI=1S/C8H10BClO2/c10-8(9(11)12)6-7-4-2-1-3-5-7/h1-5,8,11-12H,6H2/t8-/m1/s1. The van der Waals surface area contributed by atoms with Crippen LogP contribution in [0.2, 0.25) is 0 Å². The van der Waals surface area contributed by atoms with Gasteiger partial charge in [-0.1, -0.05) is 30.3 Å². The quantitative estimate of drug-likeness (QED) is 0.540. The highest BCUT2D eigenvalue weighted by Gasteiger charge is 2.20. The number of rotatable bonds is 3. The highest BCUT2D eigenvalue weighted by Crippen LogP contribution is 2.08. The van der Waals surface area contributed by atoms with E-state index < -0.39 is 12.4 Å². The van der Waals surface area contributed by atoms with E-state index in [1.165, 1.54) is 0 Å². The van der Waals surface area contributed by atoms with Gasteiger partial charge in [0.05, 0.1) is 5.28 Å². The molecule has 0 spiro atoms. The zero-order valence-corrected chi connectivity index (χ0v) is 7.28. The first-order valence-electron chi connectivity index (χ1n) is 3.74. The van der Waals surface area contributed by atoms with Gasteiger partial charge in [0.1, 0.15) is 0 Å². The van der Waals surface area contributed by atoms with E-state index in [2.05, 4.69) is 0 Å². The third-order valence-electron chi connectivity index (χ3n) is 1.60. The zero-order chi connectivity index (χ0) is 8.97. The van der Waals surface area contributed by atoms with E-state index in [1.807, 2.05) is 30.3 Å². The van der Waals surface area contributed by atoms with Gasteiger partial charge in [0.25, 0.3) is 0 Å². The molecule has 1 atom stereocenters. The van der Waals surface area contributed by atoms with Crippen LogP contribution in [0, 0.1) is 0 Å². The Labute approximate surface area is 76.9 Å². The molecule has 2 N–H and O–H groups in total. The molecule has 2 nitrogen and oxygen atoms in total. The monoisotopic (exact) mass is 184 g/mol. The lowest BCUT2D eigenvalue weighted by molar-refractivity contribution is 0.401. The highest BCUT2D eigenvalue weighted by atomic mass is 35.5. The van der Waals surface area contributed by atoms with Crippen LogP contribution in [-0.2, 0) is 6.42 Å². The van der Waals surface area contributed by atoms with E-state index >= 15 is 0 Å². The first-order valence-corrected chi connectivity index (χ1v) is 4.18. The molecule has 0 unspecified atom stereocenters. The van der Waals surface area contributed by atoms with Gasteiger partial charge < -0.3 is 10.0 Å². The molecule has 0 heterocycles. The molecule has 12 heavy (non-hydrogen) atoms. The van der Waals surface area contributed by atoms with Crippen molar-refractivity contribution in [3.63, 3.8) is 0 Å². The molecule has 0 aliphatic rings. The minimum Gasteiger partial charge on any atom is -0.426 e. The Morgan fingerprint density at radius 1 is 1.25 bits per heavy atom. The van der Waals surface area contributed by atoms with Crippen LogP contribution in [0.4, 0.5) is 0 Å². The summed E-state index contributed by atoms with van der Waals surface area (Å²) in [6, 6.07) is 9.49. The van der Waals surface area contributed by atoms with Crippen LogP contribution in [0.25, 0.3) is 0 Å². The molecule has 0 aliphatic carbocycles. The Morgan fingerprint density at radius 3 is 2.33 bits per heavy atom. The minimum absolute atomic E-state index is 0.472. The molecule has 64 valence electrons. The summed E-state index contributed by atoms with van der Waals surface area (Å²) in [5.74, 6) is 0. The Bertz CT molecular complexity index is 228. The van der Waals surface area contributed by atoms with E-state index in [0.29, 0.717) is 6.42 Å². The van der Waals surface area contributed by atoms with Crippen molar-refractivity contribution < 1.29 is 10.0 Å². The Morgan fingerprint density at radius 2 is 1.83 bits per heavy atom. The van der Waals surface area contributed by atoms with Crippen molar-refractivity contribution in [1.82, 2.24) is 0 Å². The molecule has 0 fully saturated rings. The van der Waals surface area contributed by atoms with Crippen LogP contribution in [0.3, 0.4) is 0 Å². The van der Waals surface area contributed by atoms with Crippen molar-refractivity contribution in [2.24, 2.45) is 0 Å². The van der Waals surface area contributed by atoms with Crippen molar-refractivity contribution >= 4 is 18.7 Å². The number of halogens is 1. The van der Waals surface area contributed by atoms with Crippen LogP contribution in [0.15, 0.2) is 30.3 Å². The average Bonchev–Trinajstić information content (AvgIpc) is 2.06. The molecule has 0 amide bonds. The van der Waals surface area contributed by atoms with Gasteiger partial charge in [-0.25, -0.2) is 0 Å². The lowest BCUT2D eigenvalue weighted by Gasteiger charge is -2.06. The highest BCUT2D eigenvalue weighted by molar-refractivity contribution is 6.57. The first-order chi connectivity index (χ1) is 5.70. The molecule has 4 heteroatoms. The fraction of sp³-hybridized carbons (Fsp3) is 0.250. The molecular formula is C8H10BClO2. The van der Waals surface area contributed by atoms with Crippen LogP contribution in [0.5, 0.6) is 0 Å². The van der Waals surface area contributed by atoms with E-state index in [1.54, 1.807) is 0 Å². The maximum Gasteiger partial charge on any atom is 0.470 e. The van der Waals surface area contributed by atoms with Gasteiger partial charge in [0, 0.05) is 0 Å². The third-order valence-corrected chi connectivity index (χ3v) is 1.98. The average molecular weight is 184 g/mol. The van der Waals surface area contributed by atoms with Crippen LogP contribution >= 0.6 is 11.6 Å². The first kappa shape index (κ1) is 9.58. The predicted octanol–water partition coefficient (Wildman–Crippen LogP) is 0.848. The summed E-state index contributed by atoms with van der Waals surface area (Å²) >= 11 is 5.65. The molecule has 0 aromatic heterocycles. The van der Waals surface area contributed by atoms with Crippen molar-refractivity contribution in [3.8, 4) is 0 Å². The second-order valence-electron chi connectivity index (χ2n) is 2.62. The van der Waals surface area contributed by atoms with Gasteiger partial charge >= 0.3 is 7.12 Å². The lowest BCUT2D eigenvalue weighted by atomic mass is 9.82. The van der Waals surface area contributed by atoms with Crippen molar-refractivity contribution in [2.75, 3.05) is 0 Å². The SMILES string of the molecule is OB(O)[C@H](Cl)Cc1ccccc1. The number of benzene rings is 1. The smallest absolute Gasteiger partial charge is 0.426 e. The van der Waals surface area contributed by atoms with Crippen LogP contribution in [0.1, 0.15) is 5.56 Å². The van der Waals surface area contributed by atoms with Crippen molar-refractivity contribution in [2.45, 2.75) is 11.7 Å². The maximum atomic E-state index is 8.71. The van der Waals surface area contributed by atoms with Gasteiger partial charge in [0.15, 0.2) is 0 Å². The van der Waals surface area contributed by atoms with E-state index in [-0.39, 0.29) is 0 Å². The Hall–Kier alpha value is -0.505. The fourth-order valence-electron chi connectivity index (χ4n) is 0.945. The fourth-order valence-corrected chi connectivity index (χ4v) is 1.12. The molecule has 0 saturated carbocycles. The summed E-state index contributed by atoms with van der Waals surface area (Å²) in [5, 5.41) is 16.8. The molecule has 1 rings (SSSR count). The topological polar surface area (TPSA) is 40.5 Å².